The summed E-state index contributed by atoms with van der Waals surface area (Å²) >= 11 is 8.55. The summed E-state index contributed by atoms with van der Waals surface area (Å²) in [6, 6.07) is 4.37. The van der Waals surface area contributed by atoms with Crippen molar-refractivity contribution in [1.29, 1.82) is 0 Å². The average Bonchev–Trinajstić information content (AvgIpc) is 2.08. The van der Waals surface area contributed by atoms with Gasteiger partial charge in [-0.2, -0.15) is 0 Å². The van der Waals surface area contributed by atoms with Gasteiger partial charge in [0.2, 0.25) is 0 Å². The summed E-state index contributed by atoms with van der Waals surface area (Å²) in [5, 5.41) is 9.24. The highest BCUT2D eigenvalue weighted by atomic mass is 79.9. The van der Waals surface area contributed by atoms with Crippen molar-refractivity contribution in [3.8, 4) is 0 Å². The van der Waals surface area contributed by atoms with E-state index in [-0.39, 0.29) is 11.4 Å². The number of benzene rings is 1. The number of hydrogen-bond donors (Lipinski definition) is 1. The molecule has 1 N–H and O–H groups in total. The normalized spacial score (nSPS) is 13.0. The van der Waals surface area contributed by atoms with E-state index in [4.69, 9.17) is 11.6 Å². The Labute approximate surface area is 83.3 Å². The minimum Gasteiger partial charge on any atom is -0.387 e. The van der Waals surface area contributed by atoms with E-state index < -0.39 is 11.9 Å². The van der Waals surface area contributed by atoms with Gasteiger partial charge in [0.1, 0.15) is 5.82 Å². The molecule has 0 saturated heterocycles. The monoisotopic (exact) mass is 252 g/mol. The van der Waals surface area contributed by atoms with Crippen LogP contribution in [-0.4, -0.2) is 11.0 Å². The molecule has 0 aromatic heterocycles. The summed E-state index contributed by atoms with van der Waals surface area (Å²) in [6.45, 7) is 0. The molecule has 1 nitrogen and oxygen atoms in total. The minimum atomic E-state index is -0.941. The highest BCUT2D eigenvalue weighted by Crippen LogP contribution is 2.22. The van der Waals surface area contributed by atoms with E-state index in [2.05, 4.69) is 15.9 Å². The molecule has 0 saturated carbocycles. The van der Waals surface area contributed by atoms with Crippen LogP contribution in [0.3, 0.4) is 0 Å². The summed E-state index contributed by atoms with van der Waals surface area (Å²) in [4.78, 5) is 0. The lowest BCUT2D eigenvalue weighted by molar-refractivity contribution is 0.197. The Morgan fingerprint density at radius 1 is 1.58 bits per heavy atom. The smallest absolute Gasteiger partial charge is 0.129 e. The number of rotatable bonds is 2. The first-order valence-corrected chi connectivity index (χ1v) is 4.67. The number of halogens is 3. The molecule has 0 radical (unpaired) electrons. The van der Waals surface area contributed by atoms with Gasteiger partial charge in [-0.3, -0.25) is 0 Å². The van der Waals surface area contributed by atoms with Crippen LogP contribution >= 0.6 is 27.5 Å². The van der Waals surface area contributed by atoms with Crippen LogP contribution < -0.4 is 0 Å². The van der Waals surface area contributed by atoms with Crippen LogP contribution in [0, 0.1) is 5.82 Å². The quantitative estimate of drug-likeness (QED) is 0.804. The zero-order chi connectivity index (χ0) is 9.14. The molecule has 0 amide bonds. The van der Waals surface area contributed by atoms with Gasteiger partial charge in [-0.05, 0) is 18.2 Å². The van der Waals surface area contributed by atoms with Crippen molar-refractivity contribution in [2.75, 3.05) is 5.88 Å². The Morgan fingerprint density at radius 2 is 2.25 bits per heavy atom. The van der Waals surface area contributed by atoms with Gasteiger partial charge < -0.3 is 5.11 Å². The molecule has 66 valence electrons. The molecule has 0 unspecified atom stereocenters. The van der Waals surface area contributed by atoms with Gasteiger partial charge in [-0.1, -0.05) is 15.9 Å². The Bertz CT molecular complexity index is 280. The lowest BCUT2D eigenvalue weighted by Crippen LogP contribution is -2.01. The zero-order valence-corrected chi connectivity index (χ0v) is 8.44. The van der Waals surface area contributed by atoms with Crippen LogP contribution in [0.5, 0.6) is 0 Å². The van der Waals surface area contributed by atoms with Crippen molar-refractivity contribution in [2.24, 2.45) is 0 Å². The van der Waals surface area contributed by atoms with E-state index in [0.717, 1.165) is 4.47 Å². The predicted molar refractivity (Wildman–Crippen MR) is 49.8 cm³/mol. The van der Waals surface area contributed by atoms with Gasteiger partial charge >= 0.3 is 0 Å². The van der Waals surface area contributed by atoms with Crippen molar-refractivity contribution in [3.63, 3.8) is 0 Å². The standard InChI is InChI=1S/C8H7BrClFO/c9-5-1-2-7(11)6(3-5)8(12)4-10/h1-3,8,12H,4H2/t8-/m0/s1. The van der Waals surface area contributed by atoms with Gasteiger partial charge in [0.25, 0.3) is 0 Å². The van der Waals surface area contributed by atoms with E-state index in [0.29, 0.717) is 0 Å². The molecule has 0 aliphatic rings. The molecule has 1 atom stereocenters. The Hall–Kier alpha value is -0.120. The van der Waals surface area contributed by atoms with Gasteiger partial charge in [0.15, 0.2) is 0 Å². The van der Waals surface area contributed by atoms with Gasteiger partial charge in [-0.25, -0.2) is 4.39 Å². The maximum Gasteiger partial charge on any atom is 0.129 e. The third-order valence-corrected chi connectivity index (χ3v) is 2.25. The summed E-state index contributed by atoms with van der Waals surface area (Å²) in [7, 11) is 0. The topological polar surface area (TPSA) is 20.2 Å². The summed E-state index contributed by atoms with van der Waals surface area (Å²) < 4.78 is 13.7. The van der Waals surface area contributed by atoms with E-state index in [9.17, 15) is 9.50 Å². The van der Waals surface area contributed by atoms with Crippen molar-refractivity contribution in [2.45, 2.75) is 6.10 Å². The first-order valence-electron chi connectivity index (χ1n) is 3.34. The van der Waals surface area contributed by atoms with Gasteiger partial charge in [-0.15, -0.1) is 11.6 Å². The highest BCUT2D eigenvalue weighted by Gasteiger charge is 2.11. The number of aliphatic hydroxyl groups is 1. The molecule has 0 aliphatic heterocycles. The number of hydrogen-bond acceptors (Lipinski definition) is 1. The molecule has 1 aromatic rings. The molecule has 0 aliphatic carbocycles. The lowest BCUT2D eigenvalue weighted by Gasteiger charge is -2.08. The van der Waals surface area contributed by atoms with E-state index in [1.54, 1.807) is 6.07 Å². The largest absolute Gasteiger partial charge is 0.387 e. The van der Waals surface area contributed by atoms with Crippen LogP contribution in [0.1, 0.15) is 11.7 Å². The maximum absolute atomic E-state index is 13.0. The molecule has 0 bridgehead atoms. The molecule has 12 heavy (non-hydrogen) atoms. The van der Waals surface area contributed by atoms with E-state index in [1.165, 1.54) is 12.1 Å². The number of alkyl halides is 1. The van der Waals surface area contributed by atoms with Crippen molar-refractivity contribution >= 4 is 27.5 Å². The third kappa shape index (κ3) is 2.19. The fourth-order valence-corrected chi connectivity index (χ4v) is 1.40. The second kappa shape index (κ2) is 4.21. The van der Waals surface area contributed by atoms with Crippen LogP contribution in [0.4, 0.5) is 4.39 Å². The molecule has 0 fully saturated rings. The molecule has 0 heterocycles. The van der Waals surface area contributed by atoms with Crippen molar-refractivity contribution in [3.05, 3.63) is 34.1 Å². The summed E-state index contributed by atoms with van der Waals surface area (Å²) in [6.07, 6.45) is -0.941. The number of aliphatic hydroxyl groups excluding tert-OH is 1. The van der Waals surface area contributed by atoms with Gasteiger partial charge in [0.05, 0.1) is 12.0 Å². The summed E-state index contributed by atoms with van der Waals surface area (Å²) in [5.74, 6) is -0.445. The second-order valence-corrected chi connectivity index (χ2v) is 3.56. The van der Waals surface area contributed by atoms with E-state index >= 15 is 0 Å². The van der Waals surface area contributed by atoms with Crippen LogP contribution in [-0.2, 0) is 0 Å². The Morgan fingerprint density at radius 3 is 2.83 bits per heavy atom. The fourth-order valence-electron chi connectivity index (χ4n) is 0.853. The first-order chi connectivity index (χ1) is 5.65. The molecule has 0 spiro atoms. The Balaban J connectivity index is 3.04. The van der Waals surface area contributed by atoms with Gasteiger partial charge in [0, 0.05) is 10.0 Å². The SMILES string of the molecule is O[C@@H](CCl)c1cc(Br)ccc1F. The second-order valence-electron chi connectivity index (χ2n) is 2.34. The van der Waals surface area contributed by atoms with Crippen molar-refractivity contribution < 1.29 is 9.50 Å². The molecule has 4 heteroatoms. The zero-order valence-electron chi connectivity index (χ0n) is 6.10. The highest BCUT2D eigenvalue weighted by molar-refractivity contribution is 9.10. The lowest BCUT2D eigenvalue weighted by atomic mass is 10.1. The van der Waals surface area contributed by atoms with Crippen LogP contribution in [0.25, 0.3) is 0 Å². The molecule has 1 aromatic carbocycles. The molecular weight excluding hydrogens is 246 g/mol. The van der Waals surface area contributed by atoms with E-state index in [1.807, 2.05) is 0 Å². The third-order valence-electron chi connectivity index (χ3n) is 1.46. The van der Waals surface area contributed by atoms with Crippen molar-refractivity contribution in [1.82, 2.24) is 0 Å². The van der Waals surface area contributed by atoms with Crippen LogP contribution in [0.2, 0.25) is 0 Å². The fraction of sp³-hybridized carbons (Fsp3) is 0.250. The predicted octanol–water partition coefficient (Wildman–Crippen LogP) is 2.86. The molecular formula is C8H7BrClFO. The average molecular weight is 253 g/mol. The first kappa shape index (κ1) is 9.96. The summed E-state index contributed by atoms with van der Waals surface area (Å²) in [5.41, 5.74) is 0.222. The minimum absolute atomic E-state index is 0.00657. The Kier molecular flexibility index (Phi) is 3.50. The maximum atomic E-state index is 13.0. The molecule has 1 rings (SSSR count). The van der Waals surface area contributed by atoms with Crippen LogP contribution in [0.15, 0.2) is 22.7 Å².